The Morgan fingerprint density at radius 3 is 2.33 bits per heavy atom. The van der Waals surface area contributed by atoms with Gasteiger partial charge in [0.1, 0.15) is 0 Å². The summed E-state index contributed by atoms with van der Waals surface area (Å²) in [5.41, 5.74) is 3.01. The summed E-state index contributed by atoms with van der Waals surface area (Å²) < 4.78 is 0. The van der Waals surface area contributed by atoms with Crippen LogP contribution in [0.3, 0.4) is 0 Å². The van der Waals surface area contributed by atoms with Gasteiger partial charge in [-0.1, -0.05) is 61.3 Å². The molecule has 0 saturated carbocycles. The van der Waals surface area contributed by atoms with Crippen LogP contribution in [0.1, 0.15) is 37.0 Å². The summed E-state index contributed by atoms with van der Waals surface area (Å²) in [7, 11) is 0. The minimum Gasteiger partial charge on any atom is -0.339 e. The van der Waals surface area contributed by atoms with E-state index in [9.17, 15) is 4.79 Å². The van der Waals surface area contributed by atoms with E-state index >= 15 is 0 Å². The molecule has 3 aromatic rings. The molecule has 0 fully saturated rings. The van der Waals surface area contributed by atoms with Crippen LogP contribution in [0.15, 0.2) is 48.5 Å². The van der Waals surface area contributed by atoms with Crippen LogP contribution in [0.4, 0.5) is 0 Å². The van der Waals surface area contributed by atoms with Gasteiger partial charge in [0.25, 0.3) is 5.91 Å². The van der Waals surface area contributed by atoms with Crippen LogP contribution in [0.25, 0.3) is 22.2 Å². The van der Waals surface area contributed by atoms with Crippen LogP contribution in [0, 0.1) is 0 Å². The molecule has 0 spiro atoms. The van der Waals surface area contributed by atoms with Gasteiger partial charge in [0, 0.05) is 24.0 Å². The van der Waals surface area contributed by atoms with Crippen molar-refractivity contribution in [3.8, 4) is 11.3 Å². The fourth-order valence-electron chi connectivity index (χ4n) is 3.18. The van der Waals surface area contributed by atoms with Gasteiger partial charge in [-0.3, -0.25) is 4.79 Å². The number of para-hydroxylation sites is 1. The summed E-state index contributed by atoms with van der Waals surface area (Å²) >= 11 is 12.2. The molecular weight excluding hydrogens is 379 g/mol. The minimum absolute atomic E-state index is 0.0404. The Hall–Kier alpha value is -2.10. The quantitative estimate of drug-likeness (QED) is 0.474. The molecule has 3 nitrogen and oxygen atoms in total. The molecular formula is C22H22Cl2N2O. The van der Waals surface area contributed by atoms with E-state index in [2.05, 4.69) is 13.8 Å². The Kier molecular flexibility index (Phi) is 6.35. The number of carbonyl (C=O) groups is 1. The lowest BCUT2D eigenvalue weighted by Gasteiger charge is -2.22. The zero-order chi connectivity index (χ0) is 19.4. The van der Waals surface area contributed by atoms with Crippen LogP contribution in [0.5, 0.6) is 0 Å². The predicted octanol–water partition coefficient (Wildman–Crippen LogP) is 6.47. The summed E-state index contributed by atoms with van der Waals surface area (Å²) in [6.07, 6.45) is 1.85. The molecule has 0 unspecified atom stereocenters. The normalized spacial score (nSPS) is 11.0. The molecule has 0 aliphatic carbocycles. The molecule has 1 heterocycles. The summed E-state index contributed by atoms with van der Waals surface area (Å²) in [5, 5.41) is 1.83. The Morgan fingerprint density at radius 2 is 1.67 bits per heavy atom. The average Bonchev–Trinajstić information content (AvgIpc) is 2.68. The summed E-state index contributed by atoms with van der Waals surface area (Å²) in [4.78, 5) is 19.9. The highest BCUT2D eigenvalue weighted by molar-refractivity contribution is 6.42. The van der Waals surface area contributed by atoms with Gasteiger partial charge in [-0.05, 0) is 37.1 Å². The maximum atomic E-state index is 13.3. The highest BCUT2D eigenvalue weighted by Crippen LogP contribution is 2.30. The number of aromatic nitrogens is 1. The number of nitrogens with zero attached hydrogens (tertiary/aromatic N) is 2. The molecule has 1 amide bonds. The number of halogens is 2. The van der Waals surface area contributed by atoms with Gasteiger partial charge < -0.3 is 4.90 Å². The van der Waals surface area contributed by atoms with Crippen LogP contribution >= 0.6 is 23.2 Å². The highest BCUT2D eigenvalue weighted by atomic mass is 35.5. The Bertz CT molecular complexity index is 966. The molecule has 2 aromatic carbocycles. The number of hydrogen-bond acceptors (Lipinski definition) is 2. The molecule has 0 aliphatic rings. The summed E-state index contributed by atoms with van der Waals surface area (Å²) in [6.45, 7) is 5.65. The van der Waals surface area contributed by atoms with E-state index in [1.165, 1.54) is 0 Å². The summed E-state index contributed by atoms with van der Waals surface area (Å²) in [5.74, 6) is 0.0404. The number of hydrogen-bond donors (Lipinski definition) is 0. The highest BCUT2D eigenvalue weighted by Gasteiger charge is 2.19. The first-order valence-electron chi connectivity index (χ1n) is 9.19. The van der Waals surface area contributed by atoms with E-state index in [-0.39, 0.29) is 5.91 Å². The van der Waals surface area contributed by atoms with E-state index in [0.717, 1.165) is 42.4 Å². The molecule has 5 heteroatoms. The second-order valence-corrected chi connectivity index (χ2v) is 7.31. The first kappa shape index (κ1) is 19.7. The molecule has 140 valence electrons. The third kappa shape index (κ3) is 4.26. The molecule has 0 N–H and O–H groups in total. The number of fused-ring (bicyclic) bond motifs is 1. The Morgan fingerprint density at radius 1 is 0.963 bits per heavy atom. The largest absolute Gasteiger partial charge is 0.339 e. The average molecular weight is 401 g/mol. The van der Waals surface area contributed by atoms with E-state index in [1.807, 2.05) is 41.3 Å². The van der Waals surface area contributed by atoms with Crippen molar-refractivity contribution < 1.29 is 4.79 Å². The van der Waals surface area contributed by atoms with Crippen LogP contribution in [-0.2, 0) is 0 Å². The third-order valence-corrected chi connectivity index (χ3v) is 5.18. The van der Waals surface area contributed by atoms with Gasteiger partial charge in [0.05, 0.1) is 26.8 Å². The van der Waals surface area contributed by atoms with Crippen molar-refractivity contribution in [3.05, 3.63) is 64.1 Å². The van der Waals surface area contributed by atoms with Gasteiger partial charge in [-0.25, -0.2) is 4.98 Å². The van der Waals surface area contributed by atoms with E-state index in [4.69, 9.17) is 28.2 Å². The van der Waals surface area contributed by atoms with Crippen molar-refractivity contribution in [2.24, 2.45) is 0 Å². The minimum atomic E-state index is 0.0404. The molecule has 1 aromatic heterocycles. The maximum Gasteiger partial charge on any atom is 0.254 e. The smallest absolute Gasteiger partial charge is 0.254 e. The first-order valence-corrected chi connectivity index (χ1v) is 9.95. The number of rotatable bonds is 6. The summed E-state index contributed by atoms with van der Waals surface area (Å²) in [6, 6.07) is 15.0. The molecule has 0 bridgehead atoms. The van der Waals surface area contributed by atoms with Crippen molar-refractivity contribution in [2.75, 3.05) is 13.1 Å². The maximum absolute atomic E-state index is 13.3. The number of amides is 1. The third-order valence-electron chi connectivity index (χ3n) is 4.44. The van der Waals surface area contributed by atoms with Gasteiger partial charge in [-0.15, -0.1) is 0 Å². The van der Waals surface area contributed by atoms with E-state index < -0.39 is 0 Å². The molecule has 27 heavy (non-hydrogen) atoms. The zero-order valence-corrected chi connectivity index (χ0v) is 17.0. The van der Waals surface area contributed by atoms with Gasteiger partial charge >= 0.3 is 0 Å². The van der Waals surface area contributed by atoms with Crippen molar-refractivity contribution >= 4 is 40.0 Å². The lowest BCUT2D eigenvalue weighted by Crippen LogP contribution is -2.32. The van der Waals surface area contributed by atoms with Gasteiger partial charge in [0.15, 0.2) is 0 Å². The van der Waals surface area contributed by atoms with E-state index in [1.54, 1.807) is 12.1 Å². The number of pyridine rings is 1. The molecule has 0 radical (unpaired) electrons. The van der Waals surface area contributed by atoms with Crippen molar-refractivity contribution in [2.45, 2.75) is 26.7 Å². The zero-order valence-electron chi connectivity index (χ0n) is 15.5. The SMILES string of the molecule is CCCN(CCC)C(=O)c1cc(-c2ccc(Cl)c(Cl)c2)nc2ccccc12. The molecule has 0 aliphatic heterocycles. The van der Waals surface area contributed by atoms with Crippen molar-refractivity contribution in [3.63, 3.8) is 0 Å². The number of carbonyl (C=O) groups excluding carboxylic acids is 1. The Balaban J connectivity index is 2.15. The van der Waals surface area contributed by atoms with Crippen LogP contribution in [-0.4, -0.2) is 28.9 Å². The second-order valence-electron chi connectivity index (χ2n) is 6.49. The first-order chi connectivity index (χ1) is 13.0. The molecule has 0 atom stereocenters. The van der Waals surface area contributed by atoms with Crippen LogP contribution < -0.4 is 0 Å². The number of benzene rings is 2. The van der Waals surface area contributed by atoms with Crippen molar-refractivity contribution in [1.82, 2.24) is 9.88 Å². The van der Waals surface area contributed by atoms with E-state index in [0.29, 0.717) is 21.3 Å². The van der Waals surface area contributed by atoms with Crippen molar-refractivity contribution in [1.29, 1.82) is 0 Å². The van der Waals surface area contributed by atoms with Gasteiger partial charge in [-0.2, -0.15) is 0 Å². The fourth-order valence-corrected chi connectivity index (χ4v) is 3.48. The monoisotopic (exact) mass is 400 g/mol. The van der Waals surface area contributed by atoms with Gasteiger partial charge in [0.2, 0.25) is 0 Å². The lowest BCUT2D eigenvalue weighted by molar-refractivity contribution is 0.0757. The predicted molar refractivity (Wildman–Crippen MR) is 114 cm³/mol. The Labute approximate surface area is 169 Å². The lowest BCUT2D eigenvalue weighted by atomic mass is 10.0. The molecule has 3 rings (SSSR count). The standard InChI is InChI=1S/C22H22Cl2N2O/c1-3-11-26(12-4-2)22(27)17-14-21(15-9-10-18(23)19(24)13-15)25-20-8-6-5-7-16(17)20/h5-10,13-14H,3-4,11-12H2,1-2H3. The fraction of sp³-hybridized carbons (Fsp3) is 0.273. The second kappa shape index (κ2) is 8.73. The molecule has 0 saturated heterocycles. The topological polar surface area (TPSA) is 33.2 Å². The van der Waals surface area contributed by atoms with Crippen LogP contribution in [0.2, 0.25) is 10.0 Å².